The normalized spacial score (nSPS) is 9.55. The molecule has 1 aromatic carbocycles. The molecule has 0 radical (unpaired) electrons. The van der Waals surface area contributed by atoms with Crippen LogP contribution in [0.15, 0.2) is 30.3 Å². The lowest BCUT2D eigenvalue weighted by atomic mass is 10.1. The van der Waals surface area contributed by atoms with Crippen molar-refractivity contribution in [3.63, 3.8) is 0 Å². The summed E-state index contributed by atoms with van der Waals surface area (Å²) in [4.78, 5) is 11.2. The number of carbonyl (C=O) groups is 1. The molecule has 3 heteroatoms. The summed E-state index contributed by atoms with van der Waals surface area (Å²) in [5.41, 5.74) is 0.761. The fourth-order valence-corrected chi connectivity index (χ4v) is 1.13. The van der Waals surface area contributed by atoms with Gasteiger partial charge in [-0.1, -0.05) is 30.3 Å². The Kier molecular flexibility index (Phi) is 3.51. The molecule has 11 heavy (non-hydrogen) atoms. The number of halogens is 1. The van der Waals surface area contributed by atoms with Crippen molar-refractivity contribution in [2.75, 3.05) is 6.54 Å². The lowest BCUT2D eigenvalue weighted by molar-refractivity contribution is 0.0999. The Morgan fingerprint density at radius 2 is 2.00 bits per heavy atom. The van der Waals surface area contributed by atoms with Gasteiger partial charge in [-0.25, -0.2) is 0 Å². The highest BCUT2D eigenvalue weighted by Gasteiger charge is 2.01. The summed E-state index contributed by atoms with van der Waals surface area (Å²) in [6.07, 6.45) is 0. The zero-order valence-corrected chi connectivity index (χ0v) is 8.04. The number of hydrogen-bond acceptors (Lipinski definition) is 2. The van der Waals surface area contributed by atoms with Crippen LogP contribution >= 0.6 is 22.9 Å². The first kappa shape index (κ1) is 8.67. The Balaban J connectivity index is 2.69. The maximum absolute atomic E-state index is 11.2. The summed E-state index contributed by atoms with van der Waals surface area (Å²) in [5, 5.41) is 0. The molecule has 1 rings (SSSR count). The zero-order valence-electron chi connectivity index (χ0n) is 5.88. The van der Waals surface area contributed by atoms with E-state index < -0.39 is 0 Å². The first-order valence-corrected chi connectivity index (χ1v) is 4.34. The van der Waals surface area contributed by atoms with Crippen molar-refractivity contribution in [3.8, 4) is 0 Å². The van der Waals surface area contributed by atoms with E-state index in [2.05, 4.69) is 3.53 Å². The molecule has 2 nitrogen and oxygen atoms in total. The molecule has 0 unspecified atom stereocenters. The predicted octanol–water partition coefficient (Wildman–Crippen LogP) is 1.81. The third-order valence-electron chi connectivity index (χ3n) is 1.32. The molecular weight excluding hydrogens is 253 g/mol. The number of carbonyl (C=O) groups excluding carboxylic acids is 1. The Bertz CT molecular complexity index is 235. The molecule has 0 aliphatic heterocycles. The molecule has 0 aromatic heterocycles. The van der Waals surface area contributed by atoms with Gasteiger partial charge in [0.15, 0.2) is 5.78 Å². The van der Waals surface area contributed by atoms with Crippen LogP contribution in [-0.2, 0) is 0 Å². The quantitative estimate of drug-likeness (QED) is 0.510. The number of nitrogens with one attached hydrogen (secondary N) is 1. The highest BCUT2D eigenvalue weighted by atomic mass is 127. The van der Waals surface area contributed by atoms with Gasteiger partial charge in [0.25, 0.3) is 0 Å². The van der Waals surface area contributed by atoms with Crippen LogP contribution < -0.4 is 3.53 Å². The Labute approximate surface area is 79.5 Å². The molecule has 1 aromatic rings. The second kappa shape index (κ2) is 4.46. The average Bonchev–Trinajstić information content (AvgIpc) is 2.07. The fourth-order valence-electron chi connectivity index (χ4n) is 0.787. The van der Waals surface area contributed by atoms with Crippen molar-refractivity contribution in [1.82, 2.24) is 3.53 Å². The van der Waals surface area contributed by atoms with Gasteiger partial charge in [0, 0.05) is 28.4 Å². The van der Waals surface area contributed by atoms with Crippen LogP contribution in [0.5, 0.6) is 0 Å². The van der Waals surface area contributed by atoms with E-state index in [4.69, 9.17) is 0 Å². The standard InChI is InChI=1S/C8H8INO/c9-10-6-8(11)7-4-2-1-3-5-7/h1-5,10H,6H2. The maximum Gasteiger partial charge on any atom is 0.177 e. The minimum atomic E-state index is 0.125. The average molecular weight is 261 g/mol. The molecule has 0 amide bonds. The largest absolute Gasteiger partial charge is 0.293 e. The van der Waals surface area contributed by atoms with Gasteiger partial charge >= 0.3 is 0 Å². The Morgan fingerprint density at radius 3 is 2.55 bits per heavy atom. The van der Waals surface area contributed by atoms with E-state index in [9.17, 15) is 4.79 Å². The molecule has 1 N–H and O–H groups in total. The van der Waals surface area contributed by atoms with Crippen LogP contribution in [0.1, 0.15) is 10.4 Å². The van der Waals surface area contributed by atoms with E-state index >= 15 is 0 Å². The van der Waals surface area contributed by atoms with Gasteiger partial charge in [-0.3, -0.25) is 8.32 Å². The van der Waals surface area contributed by atoms with Gasteiger partial charge < -0.3 is 0 Å². The van der Waals surface area contributed by atoms with Crippen LogP contribution in [0.25, 0.3) is 0 Å². The van der Waals surface area contributed by atoms with Gasteiger partial charge in [-0.2, -0.15) is 0 Å². The summed E-state index contributed by atoms with van der Waals surface area (Å²) in [6, 6.07) is 9.25. The van der Waals surface area contributed by atoms with Crippen LogP contribution in [0.4, 0.5) is 0 Å². The van der Waals surface area contributed by atoms with E-state index in [1.807, 2.05) is 53.2 Å². The molecular formula is C8H8INO. The first-order chi connectivity index (χ1) is 5.34. The van der Waals surface area contributed by atoms with Gasteiger partial charge in [-0.05, 0) is 0 Å². The monoisotopic (exact) mass is 261 g/mol. The third kappa shape index (κ3) is 2.59. The first-order valence-electron chi connectivity index (χ1n) is 3.26. The van der Waals surface area contributed by atoms with Crippen LogP contribution in [0.3, 0.4) is 0 Å². The van der Waals surface area contributed by atoms with Gasteiger partial charge in [0.05, 0.1) is 6.54 Å². The summed E-state index contributed by atoms with van der Waals surface area (Å²) in [6.45, 7) is 0.393. The summed E-state index contributed by atoms with van der Waals surface area (Å²) < 4.78 is 2.79. The van der Waals surface area contributed by atoms with Crippen molar-refractivity contribution in [1.29, 1.82) is 0 Å². The van der Waals surface area contributed by atoms with Gasteiger partial charge in [0.1, 0.15) is 0 Å². The van der Waals surface area contributed by atoms with Crippen molar-refractivity contribution in [2.45, 2.75) is 0 Å². The lowest BCUT2D eigenvalue weighted by Gasteiger charge is -1.96. The molecule has 58 valence electrons. The SMILES string of the molecule is O=C(CNI)c1ccccc1. The van der Waals surface area contributed by atoms with Crippen LogP contribution in [0, 0.1) is 0 Å². The minimum absolute atomic E-state index is 0.125. The Morgan fingerprint density at radius 1 is 1.36 bits per heavy atom. The van der Waals surface area contributed by atoms with Crippen molar-refractivity contribution < 1.29 is 4.79 Å². The Hall–Kier alpha value is -0.420. The molecule has 0 fully saturated rings. The van der Waals surface area contributed by atoms with E-state index in [0.717, 1.165) is 5.56 Å². The summed E-state index contributed by atoms with van der Waals surface area (Å²) in [7, 11) is 0. The van der Waals surface area contributed by atoms with Crippen molar-refractivity contribution >= 4 is 28.6 Å². The van der Waals surface area contributed by atoms with Crippen LogP contribution in [0.2, 0.25) is 0 Å². The molecule has 0 aliphatic carbocycles. The lowest BCUT2D eigenvalue weighted by Crippen LogP contribution is -2.13. The van der Waals surface area contributed by atoms with E-state index in [-0.39, 0.29) is 5.78 Å². The van der Waals surface area contributed by atoms with Crippen molar-refractivity contribution in [3.05, 3.63) is 35.9 Å². The molecule has 0 aliphatic rings. The van der Waals surface area contributed by atoms with Crippen molar-refractivity contribution in [2.24, 2.45) is 0 Å². The fraction of sp³-hybridized carbons (Fsp3) is 0.125. The van der Waals surface area contributed by atoms with E-state index in [1.165, 1.54) is 0 Å². The maximum atomic E-state index is 11.2. The highest BCUT2D eigenvalue weighted by Crippen LogP contribution is 1.98. The van der Waals surface area contributed by atoms with E-state index in [0.29, 0.717) is 6.54 Å². The zero-order chi connectivity index (χ0) is 8.10. The molecule has 0 heterocycles. The third-order valence-corrected chi connectivity index (χ3v) is 1.70. The number of rotatable bonds is 3. The topological polar surface area (TPSA) is 29.1 Å². The molecule has 0 bridgehead atoms. The molecule has 0 saturated carbocycles. The molecule has 0 atom stereocenters. The second-order valence-corrected chi connectivity index (χ2v) is 2.86. The van der Waals surface area contributed by atoms with Gasteiger partial charge in [-0.15, -0.1) is 0 Å². The predicted molar refractivity (Wildman–Crippen MR) is 52.8 cm³/mol. The number of hydrogen-bond donors (Lipinski definition) is 1. The minimum Gasteiger partial charge on any atom is -0.293 e. The smallest absolute Gasteiger partial charge is 0.177 e. The number of benzene rings is 1. The number of ketones is 1. The molecule has 0 saturated heterocycles. The van der Waals surface area contributed by atoms with E-state index in [1.54, 1.807) is 0 Å². The van der Waals surface area contributed by atoms with Gasteiger partial charge in [0.2, 0.25) is 0 Å². The summed E-state index contributed by atoms with van der Waals surface area (Å²) >= 11 is 1.96. The number of Topliss-reactive ketones (excluding diaryl/α,β-unsaturated/α-hetero) is 1. The second-order valence-electron chi connectivity index (χ2n) is 2.10. The summed E-state index contributed by atoms with van der Waals surface area (Å²) in [5.74, 6) is 0.125. The highest BCUT2D eigenvalue weighted by molar-refractivity contribution is 14.1. The molecule has 0 spiro atoms. The van der Waals surface area contributed by atoms with Crippen LogP contribution in [-0.4, -0.2) is 12.3 Å².